The van der Waals surface area contributed by atoms with Gasteiger partial charge in [-0.2, -0.15) is 9.61 Å². The average Bonchev–Trinajstić information content (AvgIpc) is 3.08. The normalized spacial score (nSPS) is 14.8. The lowest BCUT2D eigenvalue weighted by atomic mass is 10.2. The fourth-order valence-electron chi connectivity index (χ4n) is 3.46. The van der Waals surface area contributed by atoms with Gasteiger partial charge >= 0.3 is 0 Å². The molecular formula is C20H25N5O2S. The molecule has 3 heterocycles. The molecular weight excluding hydrogens is 374 g/mol. The van der Waals surface area contributed by atoms with E-state index in [0.717, 1.165) is 42.7 Å². The molecule has 1 aliphatic rings. The van der Waals surface area contributed by atoms with Crippen LogP contribution in [0.25, 0.3) is 4.96 Å². The lowest BCUT2D eigenvalue weighted by molar-refractivity contribution is 0.122. The van der Waals surface area contributed by atoms with Gasteiger partial charge in [0, 0.05) is 36.6 Å². The van der Waals surface area contributed by atoms with Crippen LogP contribution in [0, 0.1) is 6.92 Å². The highest BCUT2D eigenvalue weighted by Gasteiger charge is 2.16. The number of hydrogen-bond donors (Lipinski definition) is 0. The van der Waals surface area contributed by atoms with E-state index >= 15 is 0 Å². The van der Waals surface area contributed by atoms with Gasteiger partial charge in [0.25, 0.3) is 5.56 Å². The summed E-state index contributed by atoms with van der Waals surface area (Å²) in [4.78, 5) is 22.3. The van der Waals surface area contributed by atoms with Crippen molar-refractivity contribution in [2.45, 2.75) is 33.4 Å². The fourth-order valence-corrected chi connectivity index (χ4v) is 4.22. The van der Waals surface area contributed by atoms with E-state index in [4.69, 9.17) is 4.74 Å². The van der Waals surface area contributed by atoms with E-state index in [1.54, 1.807) is 6.07 Å². The van der Waals surface area contributed by atoms with Crippen molar-refractivity contribution in [3.63, 3.8) is 0 Å². The molecule has 0 atom stereocenters. The Morgan fingerprint density at radius 2 is 1.93 bits per heavy atom. The highest BCUT2D eigenvalue weighted by Crippen LogP contribution is 2.24. The predicted octanol–water partition coefficient (Wildman–Crippen LogP) is 2.71. The third-order valence-corrected chi connectivity index (χ3v) is 5.74. The molecule has 1 aromatic carbocycles. The van der Waals surface area contributed by atoms with Crippen LogP contribution in [0.3, 0.4) is 0 Å². The van der Waals surface area contributed by atoms with E-state index in [-0.39, 0.29) is 11.6 Å². The molecule has 7 nitrogen and oxygen atoms in total. The maximum absolute atomic E-state index is 12.4. The van der Waals surface area contributed by atoms with E-state index in [1.165, 1.54) is 21.5 Å². The molecule has 0 aliphatic carbocycles. The van der Waals surface area contributed by atoms with Gasteiger partial charge < -0.3 is 14.5 Å². The van der Waals surface area contributed by atoms with Crippen molar-refractivity contribution in [3.05, 3.63) is 51.4 Å². The molecule has 1 aliphatic heterocycles. The van der Waals surface area contributed by atoms with Crippen LogP contribution in [0.15, 0.2) is 35.1 Å². The van der Waals surface area contributed by atoms with E-state index in [0.29, 0.717) is 11.5 Å². The molecule has 1 saturated heterocycles. The Morgan fingerprint density at radius 3 is 2.61 bits per heavy atom. The van der Waals surface area contributed by atoms with Crippen molar-refractivity contribution in [2.24, 2.45) is 0 Å². The molecule has 148 valence electrons. The number of anilines is 2. The Balaban J connectivity index is 1.58. The van der Waals surface area contributed by atoms with Gasteiger partial charge in [0.05, 0.1) is 25.5 Å². The average molecular weight is 400 g/mol. The number of fused-ring (bicyclic) bond motifs is 1. The zero-order valence-corrected chi connectivity index (χ0v) is 17.3. The Morgan fingerprint density at radius 1 is 1.21 bits per heavy atom. The van der Waals surface area contributed by atoms with Gasteiger partial charge in [-0.05, 0) is 45.0 Å². The molecule has 0 amide bonds. The van der Waals surface area contributed by atoms with Crippen LogP contribution in [0.4, 0.5) is 11.4 Å². The first-order valence-electron chi connectivity index (χ1n) is 9.57. The first-order valence-corrected chi connectivity index (χ1v) is 10.4. The summed E-state index contributed by atoms with van der Waals surface area (Å²) in [7, 11) is 0. The fraction of sp³-hybridized carbons (Fsp3) is 0.450. The van der Waals surface area contributed by atoms with Gasteiger partial charge in [0.2, 0.25) is 4.96 Å². The van der Waals surface area contributed by atoms with Gasteiger partial charge in [0.15, 0.2) is 0 Å². The topological polar surface area (TPSA) is 63.0 Å². The Kier molecular flexibility index (Phi) is 5.32. The van der Waals surface area contributed by atoms with Crippen molar-refractivity contribution in [2.75, 3.05) is 36.1 Å². The Bertz CT molecular complexity index is 1010. The van der Waals surface area contributed by atoms with E-state index < -0.39 is 0 Å². The number of nitrogens with zero attached hydrogens (tertiary/aromatic N) is 5. The number of ether oxygens (including phenoxy) is 1. The molecule has 0 bridgehead atoms. The zero-order valence-electron chi connectivity index (χ0n) is 16.5. The molecule has 3 aromatic rings. The van der Waals surface area contributed by atoms with Crippen LogP contribution in [0.1, 0.15) is 24.5 Å². The van der Waals surface area contributed by atoms with Gasteiger partial charge in [0.1, 0.15) is 5.01 Å². The molecule has 4 rings (SSSR count). The Hall–Kier alpha value is -2.45. The third kappa shape index (κ3) is 3.88. The largest absolute Gasteiger partial charge is 0.378 e. The second kappa shape index (κ2) is 7.89. The molecule has 0 spiro atoms. The standard InChI is InChI=1S/C20H25N5O2S/c1-14(2)24(13-16-12-19(26)25-20(21-16)28-15(3)22-25)18-6-4-17(5-7-18)23-8-10-27-11-9-23/h4-7,12,14H,8-11,13H2,1-3H3. The third-order valence-electron chi connectivity index (χ3n) is 4.91. The summed E-state index contributed by atoms with van der Waals surface area (Å²) in [6, 6.07) is 10.5. The lowest BCUT2D eigenvalue weighted by Gasteiger charge is -2.31. The van der Waals surface area contributed by atoms with Gasteiger partial charge in [-0.1, -0.05) is 11.3 Å². The smallest absolute Gasteiger partial charge is 0.275 e. The summed E-state index contributed by atoms with van der Waals surface area (Å²) < 4.78 is 6.81. The minimum Gasteiger partial charge on any atom is -0.378 e. The predicted molar refractivity (Wildman–Crippen MR) is 113 cm³/mol. The minimum absolute atomic E-state index is 0.129. The second-order valence-electron chi connectivity index (χ2n) is 7.24. The first kappa shape index (κ1) is 18.9. The summed E-state index contributed by atoms with van der Waals surface area (Å²) in [5.74, 6) is 0. The van der Waals surface area contributed by atoms with Crippen molar-refractivity contribution >= 4 is 27.7 Å². The minimum atomic E-state index is -0.129. The molecule has 8 heteroatoms. The van der Waals surface area contributed by atoms with Crippen LogP contribution >= 0.6 is 11.3 Å². The van der Waals surface area contributed by atoms with Gasteiger partial charge in [-0.3, -0.25) is 4.79 Å². The number of morpholine rings is 1. The summed E-state index contributed by atoms with van der Waals surface area (Å²) >= 11 is 1.44. The first-order chi connectivity index (χ1) is 13.5. The van der Waals surface area contributed by atoms with Crippen molar-refractivity contribution in [1.29, 1.82) is 0 Å². The second-order valence-corrected chi connectivity index (χ2v) is 8.40. The summed E-state index contributed by atoms with van der Waals surface area (Å²) in [5.41, 5.74) is 2.97. The molecule has 0 saturated carbocycles. The molecule has 0 radical (unpaired) electrons. The van der Waals surface area contributed by atoms with E-state index in [1.807, 2.05) is 6.92 Å². The molecule has 28 heavy (non-hydrogen) atoms. The Labute approximate surface area is 168 Å². The zero-order chi connectivity index (χ0) is 19.7. The van der Waals surface area contributed by atoms with Crippen molar-refractivity contribution in [3.8, 4) is 0 Å². The monoisotopic (exact) mass is 399 g/mol. The highest BCUT2D eigenvalue weighted by atomic mass is 32.1. The van der Waals surface area contributed by atoms with Crippen molar-refractivity contribution < 1.29 is 4.74 Å². The molecule has 0 N–H and O–H groups in total. The van der Waals surface area contributed by atoms with E-state index in [9.17, 15) is 4.79 Å². The quantitative estimate of drug-likeness (QED) is 0.657. The van der Waals surface area contributed by atoms with Crippen molar-refractivity contribution in [1.82, 2.24) is 14.6 Å². The van der Waals surface area contributed by atoms with Crippen LogP contribution in [-0.4, -0.2) is 46.9 Å². The number of rotatable bonds is 5. The summed E-state index contributed by atoms with van der Waals surface area (Å²) in [6.45, 7) is 10.2. The number of aromatic nitrogens is 3. The molecule has 0 unspecified atom stereocenters. The summed E-state index contributed by atoms with van der Waals surface area (Å²) in [6.07, 6.45) is 0. The highest BCUT2D eigenvalue weighted by molar-refractivity contribution is 7.16. The number of benzene rings is 1. The van der Waals surface area contributed by atoms with Crippen LogP contribution in [0.2, 0.25) is 0 Å². The number of hydrogen-bond acceptors (Lipinski definition) is 7. The lowest BCUT2D eigenvalue weighted by Crippen LogP contribution is -2.36. The van der Waals surface area contributed by atoms with Crippen LogP contribution in [0.5, 0.6) is 0 Å². The van der Waals surface area contributed by atoms with Gasteiger partial charge in [-0.15, -0.1) is 0 Å². The van der Waals surface area contributed by atoms with Crippen LogP contribution < -0.4 is 15.4 Å². The molecule has 1 fully saturated rings. The van der Waals surface area contributed by atoms with Crippen LogP contribution in [-0.2, 0) is 11.3 Å². The van der Waals surface area contributed by atoms with Gasteiger partial charge in [-0.25, -0.2) is 4.98 Å². The van der Waals surface area contributed by atoms with E-state index in [2.05, 4.69) is 58.0 Å². The SMILES string of the molecule is Cc1nn2c(=O)cc(CN(c3ccc(N4CCOCC4)cc3)C(C)C)nc2s1. The maximum atomic E-state index is 12.4. The molecule has 2 aromatic heterocycles. The summed E-state index contributed by atoms with van der Waals surface area (Å²) in [5, 5.41) is 5.05. The maximum Gasteiger partial charge on any atom is 0.275 e. The number of aryl methyl sites for hydroxylation is 1.